The van der Waals surface area contributed by atoms with Crippen LogP contribution in [0.5, 0.6) is 0 Å². The lowest BCUT2D eigenvalue weighted by Gasteiger charge is -2.39. The number of aromatic nitrogens is 1. The topological polar surface area (TPSA) is 93.3 Å². The first kappa shape index (κ1) is 16.6. The first-order chi connectivity index (χ1) is 11.6. The maximum atomic E-state index is 12.7. The number of carbonyl (C=O) groups excluding carboxylic acids is 1. The quantitative estimate of drug-likeness (QED) is 0.871. The van der Waals surface area contributed by atoms with Gasteiger partial charge in [0.1, 0.15) is 10.4 Å². The van der Waals surface area contributed by atoms with Crippen LogP contribution in [0.4, 0.5) is 0 Å². The largest absolute Gasteiger partial charge is 0.476 e. The number of benzene rings is 1. The third-order valence-electron chi connectivity index (χ3n) is 4.90. The minimum atomic E-state index is -1.09. The van der Waals surface area contributed by atoms with Crippen molar-refractivity contribution in [2.45, 2.75) is 37.5 Å². The summed E-state index contributed by atoms with van der Waals surface area (Å²) >= 11 is 1.21. The normalized spacial score (nSPS) is 18.0. The summed E-state index contributed by atoms with van der Waals surface area (Å²) in [5.41, 5.74) is 5.64. The number of carbonyl (C=O) groups is 2. The lowest BCUT2D eigenvalue weighted by atomic mass is 9.64. The standard InChI is InChI=1S/C18H20N2O3S/c19-16(23)18(12-7-3-1-4-8-12,13-9-5-2-6-10-13)17-20-14(11-24-17)15(21)22/h1,3-4,7-8,11,13H,2,5-6,9-10H2,(H2,19,23)(H,21,22). The Kier molecular flexibility index (Phi) is 4.66. The van der Waals surface area contributed by atoms with E-state index >= 15 is 0 Å². The molecule has 0 aliphatic heterocycles. The van der Waals surface area contributed by atoms with Crippen LogP contribution >= 0.6 is 11.3 Å². The van der Waals surface area contributed by atoms with E-state index in [9.17, 15) is 14.7 Å². The number of nitrogens with two attached hydrogens (primary N) is 1. The Hall–Kier alpha value is -2.21. The summed E-state index contributed by atoms with van der Waals surface area (Å²) in [6.45, 7) is 0. The number of rotatable bonds is 5. The molecule has 1 amide bonds. The molecule has 1 fully saturated rings. The third kappa shape index (κ3) is 2.71. The highest BCUT2D eigenvalue weighted by molar-refractivity contribution is 7.10. The van der Waals surface area contributed by atoms with E-state index in [1.54, 1.807) is 0 Å². The van der Waals surface area contributed by atoms with E-state index in [1.165, 1.54) is 16.7 Å². The first-order valence-electron chi connectivity index (χ1n) is 8.11. The first-order valence-corrected chi connectivity index (χ1v) is 8.99. The summed E-state index contributed by atoms with van der Waals surface area (Å²) in [5, 5.41) is 11.2. The molecule has 1 heterocycles. The van der Waals surface area contributed by atoms with Crippen molar-refractivity contribution in [1.82, 2.24) is 4.98 Å². The van der Waals surface area contributed by atoms with Gasteiger partial charge in [-0.25, -0.2) is 9.78 Å². The number of carboxylic acid groups (broad SMARTS) is 1. The number of thiazole rings is 1. The average Bonchev–Trinajstić information content (AvgIpc) is 3.08. The van der Waals surface area contributed by atoms with Gasteiger partial charge in [0, 0.05) is 5.38 Å². The van der Waals surface area contributed by atoms with Crippen LogP contribution in [0.2, 0.25) is 0 Å². The van der Waals surface area contributed by atoms with Gasteiger partial charge in [0.25, 0.3) is 0 Å². The molecule has 3 N–H and O–H groups in total. The minimum Gasteiger partial charge on any atom is -0.476 e. The summed E-state index contributed by atoms with van der Waals surface area (Å²) in [4.78, 5) is 28.3. The molecule has 126 valence electrons. The lowest BCUT2D eigenvalue weighted by molar-refractivity contribution is -0.124. The van der Waals surface area contributed by atoms with E-state index in [0.717, 1.165) is 37.7 Å². The van der Waals surface area contributed by atoms with Gasteiger partial charge < -0.3 is 10.8 Å². The zero-order valence-corrected chi connectivity index (χ0v) is 14.1. The molecular formula is C18H20N2O3S. The Balaban J connectivity index is 2.21. The van der Waals surface area contributed by atoms with Crippen molar-refractivity contribution in [3.8, 4) is 0 Å². The smallest absolute Gasteiger partial charge is 0.355 e. The van der Waals surface area contributed by atoms with Crippen LogP contribution in [0.1, 0.15) is 53.2 Å². The van der Waals surface area contributed by atoms with Gasteiger partial charge in [0.15, 0.2) is 5.69 Å². The molecule has 0 spiro atoms. The lowest BCUT2D eigenvalue weighted by Crippen LogP contribution is -2.49. The molecule has 1 atom stereocenters. The maximum Gasteiger partial charge on any atom is 0.355 e. The molecule has 6 heteroatoms. The molecule has 1 saturated carbocycles. The van der Waals surface area contributed by atoms with Crippen molar-refractivity contribution < 1.29 is 14.7 Å². The molecule has 2 aromatic rings. The number of hydrogen-bond donors (Lipinski definition) is 2. The molecule has 1 aromatic heterocycles. The van der Waals surface area contributed by atoms with Crippen LogP contribution in [-0.4, -0.2) is 22.0 Å². The number of primary amides is 1. The van der Waals surface area contributed by atoms with E-state index in [-0.39, 0.29) is 11.6 Å². The predicted molar refractivity (Wildman–Crippen MR) is 92.1 cm³/mol. The van der Waals surface area contributed by atoms with Gasteiger partial charge >= 0.3 is 5.97 Å². The molecule has 0 saturated heterocycles. The monoisotopic (exact) mass is 344 g/mol. The van der Waals surface area contributed by atoms with Gasteiger partial charge in [0.2, 0.25) is 5.91 Å². The Morgan fingerprint density at radius 1 is 1.17 bits per heavy atom. The molecule has 1 aliphatic carbocycles. The molecule has 3 rings (SSSR count). The van der Waals surface area contributed by atoms with Gasteiger partial charge in [-0.2, -0.15) is 0 Å². The van der Waals surface area contributed by atoms with Crippen LogP contribution < -0.4 is 5.73 Å². The predicted octanol–water partition coefficient (Wildman–Crippen LogP) is 3.19. The summed E-state index contributed by atoms with van der Waals surface area (Å²) in [7, 11) is 0. The van der Waals surface area contributed by atoms with E-state index in [1.807, 2.05) is 30.3 Å². The Bertz CT molecular complexity index is 738. The van der Waals surface area contributed by atoms with Crippen LogP contribution in [0.25, 0.3) is 0 Å². The Labute approximate surface area is 144 Å². The number of hydrogen-bond acceptors (Lipinski definition) is 4. The maximum absolute atomic E-state index is 12.7. The average molecular weight is 344 g/mol. The molecule has 24 heavy (non-hydrogen) atoms. The van der Waals surface area contributed by atoms with Gasteiger partial charge in [0.05, 0.1) is 0 Å². The summed E-state index contributed by atoms with van der Waals surface area (Å²) in [6.07, 6.45) is 5.02. The van der Waals surface area contributed by atoms with E-state index in [0.29, 0.717) is 5.01 Å². The van der Waals surface area contributed by atoms with Crippen molar-refractivity contribution in [3.63, 3.8) is 0 Å². The van der Waals surface area contributed by atoms with E-state index < -0.39 is 17.3 Å². The molecular weight excluding hydrogens is 324 g/mol. The molecule has 1 unspecified atom stereocenters. The summed E-state index contributed by atoms with van der Waals surface area (Å²) in [5.74, 6) is -1.50. The molecule has 5 nitrogen and oxygen atoms in total. The SMILES string of the molecule is NC(=O)C(c1ccccc1)(c1nc(C(=O)O)cs1)C1CCCCC1. The Morgan fingerprint density at radius 2 is 1.83 bits per heavy atom. The van der Waals surface area contributed by atoms with Gasteiger partial charge in [-0.3, -0.25) is 4.79 Å². The number of amides is 1. The fourth-order valence-corrected chi connectivity index (χ4v) is 4.87. The Morgan fingerprint density at radius 3 is 2.38 bits per heavy atom. The van der Waals surface area contributed by atoms with Gasteiger partial charge in [-0.1, -0.05) is 49.6 Å². The van der Waals surface area contributed by atoms with Crippen molar-refractivity contribution >= 4 is 23.2 Å². The summed E-state index contributed by atoms with van der Waals surface area (Å²) < 4.78 is 0. The molecule has 1 aliphatic rings. The minimum absolute atomic E-state index is 0.0348. The fraction of sp³-hybridized carbons (Fsp3) is 0.389. The van der Waals surface area contributed by atoms with E-state index in [4.69, 9.17) is 5.73 Å². The van der Waals surface area contributed by atoms with Crippen LogP contribution in [0.3, 0.4) is 0 Å². The fourth-order valence-electron chi connectivity index (χ4n) is 3.77. The summed E-state index contributed by atoms with van der Waals surface area (Å²) in [6, 6.07) is 9.42. The molecule has 1 aromatic carbocycles. The number of nitrogens with zero attached hydrogens (tertiary/aromatic N) is 1. The zero-order valence-electron chi connectivity index (χ0n) is 13.3. The number of aromatic carboxylic acids is 1. The van der Waals surface area contributed by atoms with Crippen LogP contribution in [-0.2, 0) is 10.2 Å². The second-order valence-electron chi connectivity index (χ2n) is 6.22. The second kappa shape index (κ2) is 6.73. The third-order valence-corrected chi connectivity index (χ3v) is 5.87. The van der Waals surface area contributed by atoms with Gasteiger partial charge in [-0.15, -0.1) is 11.3 Å². The van der Waals surface area contributed by atoms with Gasteiger partial charge in [-0.05, 0) is 24.3 Å². The van der Waals surface area contributed by atoms with Crippen molar-refractivity contribution in [3.05, 3.63) is 52.0 Å². The zero-order chi connectivity index (χ0) is 17.2. The number of carboxylic acids is 1. The molecule has 0 bridgehead atoms. The highest BCUT2D eigenvalue weighted by atomic mass is 32.1. The van der Waals surface area contributed by atoms with E-state index in [2.05, 4.69) is 4.98 Å². The van der Waals surface area contributed by atoms with Crippen molar-refractivity contribution in [2.75, 3.05) is 0 Å². The van der Waals surface area contributed by atoms with Crippen molar-refractivity contribution in [2.24, 2.45) is 11.7 Å². The van der Waals surface area contributed by atoms with Crippen LogP contribution in [0.15, 0.2) is 35.7 Å². The van der Waals surface area contributed by atoms with Crippen molar-refractivity contribution in [1.29, 1.82) is 0 Å². The van der Waals surface area contributed by atoms with Crippen LogP contribution in [0, 0.1) is 5.92 Å². The second-order valence-corrected chi connectivity index (χ2v) is 7.07. The highest BCUT2D eigenvalue weighted by Crippen LogP contribution is 2.46. The highest BCUT2D eigenvalue weighted by Gasteiger charge is 2.49. The molecule has 0 radical (unpaired) electrons.